The van der Waals surface area contributed by atoms with E-state index in [4.69, 9.17) is 0 Å². The number of pyridine rings is 1. The number of carbonyl (C=O) groups excluding carboxylic acids is 2. The molecular weight excluding hydrogens is 694 g/mol. The summed E-state index contributed by atoms with van der Waals surface area (Å²) < 4.78 is 81.9. The first-order chi connectivity index (χ1) is 24.6. The Morgan fingerprint density at radius 2 is 1.54 bits per heavy atom. The highest BCUT2D eigenvalue weighted by atomic mass is 19.4. The average molecular weight is 727 g/mol. The first-order valence-electron chi connectivity index (χ1n) is 16.3. The number of halogens is 6. The van der Waals surface area contributed by atoms with Crippen molar-refractivity contribution >= 4 is 39.9 Å². The Bertz CT molecular complexity index is 2050. The minimum absolute atomic E-state index is 0.0282. The van der Waals surface area contributed by atoms with Gasteiger partial charge in [0, 0.05) is 17.5 Å². The minimum Gasteiger partial charge on any atom is -0.507 e. The van der Waals surface area contributed by atoms with Gasteiger partial charge in [-0.2, -0.15) is 26.3 Å². The van der Waals surface area contributed by atoms with Gasteiger partial charge < -0.3 is 20.4 Å². The number of aliphatic hydroxyl groups excluding tert-OH is 3. The van der Waals surface area contributed by atoms with Crippen LogP contribution in [-0.2, 0) is 21.9 Å². The summed E-state index contributed by atoms with van der Waals surface area (Å²) in [5.74, 6) is -6.16. The number of phenols is 1. The molecule has 2 heterocycles. The van der Waals surface area contributed by atoms with Crippen molar-refractivity contribution in [3.8, 4) is 5.75 Å². The summed E-state index contributed by atoms with van der Waals surface area (Å²) in [7, 11) is 0. The molecule has 4 N–H and O–H groups in total. The fourth-order valence-electron chi connectivity index (χ4n) is 7.32. The van der Waals surface area contributed by atoms with E-state index in [-0.39, 0.29) is 59.3 Å². The van der Waals surface area contributed by atoms with Crippen LogP contribution in [0.5, 0.6) is 5.75 Å². The summed E-state index contributed by atoms with van der Waals surface area (Å²) in [5.41, 5.74) is -2.18. The Kier molecular flexibility index (Phi) is 10.0. The van der Waals surface area contributed by atoms with Gasteiger partial charge in [-0.25, -0.2) is 4.90 Å². The van der Waals surface area contributed by atoms with Gasteiger partial charge in [-0.3, -0.25) is 14.6 Å². The number of carbonyl (C=O) groups is 2. The number of aromatic hydroxyl groups is 1. The molecule has 4 aromatic rings. The SMILES string of the molecule is O=C1[C@@H]2[C@@H](CC(CO)=C([C@H](O)CC/C(=C/c3ccc(O)c4ccccc34)c3ccccn3)[C@@H]2CO)C(=O)N1c1cc(C(F)(F)F)cc(C(F)(F)F)c1. The van der Waals surface area contributed by atoms with Crippen LogP contribution in [0.2, 0.25) is 0 Å². The van der Waals surface area contributed by atoms with Crippen LogP contribution in [0.25, 0.3) is 22.4 Å². The zero-order valence-corrected chi connectivity index (χ0v) is 27.2. The molecule has 14 heteroatoms. The summed E-state index contributed by atoms with van der Waals surface area (Å²) in [4.78, 5) is 32.1. The molecule has 1 saturated heterocycles. The third-order valence-corrected chi connectivity index (χ3v) is 9.71. The average Bonchev–Trinajstić information content (AvgIpc) is 3.37. The minimum atomic E-state index is -5.23. The molecule has 3 aromatic carbocycles. The molecule has 2 amide bonds. The maximum absolute atomic E-state index is 13.8. The van der Waals surface area contributed by atoms with Gasteiger partial charge in [0.25, 0.3) is 0 Å². The number of alkyl halides is 6. The maximum Gasteiger partial charge on any atom is 0.416 e. The molecular formula is C38H32F6N2O6. The molecule has 1 aliphatic carbocycles. The fourth-order valence-corrected chi connectivity index (χ4v) is 7.32. The van der Waals surface area contributed by atoms with Gasteiger partial charge in [-0.15, -0.1) is 0 Å². The Morgan fingerprint density at radius 3 is 2.13 bits per heavy atom. The first-order valence-corrected chi connectivity index (χ1v) is 16.3. The summed E-state index contributed by atoms with van der Waals surface area (Å²) >= 11 is 0. The highest BCUT2D eigenvalue weighted by Gasteiger charge is 2.55. The van der Waals surface area contributed by atoms with E-state index in [1.807, 2.05) is 18.2 Å². The molecule has 4 atom stereocenters. The van der Waals surface area contributed by atoms with Crippen molar-refractivity contribution in [3.63, 3.8) is 0 Å². The van der Waals surface area contributed by atoms with E-state index in [9.17, 15) is 56.4 Å². The van der Waals surface area contributed by atoms with Gasteiger partial charge in [0.15, 0.2) is 0 Å². The van der Waals surface area contributed by atoms with E-state index in [0.717, 1.165) is 10.9 Å². The maximum atomic E-state index is 13.8. The van der Waals surface area contributed by atoms with Gasteiger partial charge in [0.2, 0.25) is 11.8 Å². The molecule has 0 spiro atoms. The molecule has 52 heavy (non-hydrogen) atoms. The van der Waals surface area contributed by atoms with E-state index < -0.39 is 78.1 Å². The third-order valence-electron chi connectivity index (χ3n) is 9.71. The lowest BCUT2D eigenvalue weighted by Gasteiger charge is -2.36. The number of aliphatic hydroxyl groups is 3. The Morgan fingerprint density at radius 1 is 0.885 bits per heavy atom. The van der Waals surface area contributed by atoms with E-state index >= 15 is 0 Å². The lowest BCUT2D eigenvalue weighted by molar-refractivity contribution is -0.143. The van der Waals surface area contributed by atoms with E-state index in [2.05, 4.69) is 4.98 Å². The molecule has 0 unspecified atom stereocenters. The number of aromatic nitrogens is 1. The lowest BCUT2D eigenvalue weighted by Crippen LogP contribution is -2.39. The standard InChI is InChI=1S/C38H32F6N2O6/c39-37(40,41)23-15-24(38(42,43)44)17-25(16-23)46-35(51)28-14-22(18-47)33(29(19-48)34(28)36(46)52)32(50)11-9-21(30-7-3-4-12-45-30)13-20-8-10-31(49)27-6-2-1-5-26(20)27/h1-8,10,12-13,15-17,28-29,32,34,47-50H,9,11,14,18-19H2/b21-13-/t28-,29+,32-,34-/m1/s1. The summed E-state index contributed by atoms with van der Waals surface area (Å²) in [6.07, 6.45) is -8.61. The van der Waals surface area contributed by atoms with Crippen LogP contribution < -0.4 is 4.90 Å². The largest absolute Gasteiger partial charge is 0.507 e. The Hall–Kier alpha value is -5.05. The number of hydrogen-bond acceptors (Lipinski definition) is 7. The molecule has 1 aromatic heterocycles. The van der Waals surface area contributed by atoms with Gasteiger partial charge in [-0.05, 0) is 89.4 Å². The summed E-state index contributed by atoms with van der Waals surface area (Å²) in [5, 5.41) is 44.3. The molecule has 6 rings (SSSR count). The van der Waals surface area contributed by atoms with Crippen molar-refractivity contribution in [1.29, 1.82) is 0 Å². The van der Waals surface area contributed by atoms with Gasteiger partial charge in [0.1, 0.15) is 5.75 Å². The van der Waals surface area contributed by atoms with Crippen molar-refractivity contribution in [1.82, 2.24) is 4.98 Å². The molecule has 0 bridgehead atoms. The number of hydrogen-bond donors (Lipinski definition) is 4. The number of benzene rings is 3. The van der Waals surface area contributed by atoms with Gasteiger partial charge in [-0.1, -0.05) is 36.4 Å². The zero-order chi connectivity index (χ0) is 37.5. The molecule has 1 aliphatic heterocycles. The predicted octanol–water partition coefficient (Wildman–Crippen LogP) is 6.77. The predicted molar refractivity (Wildman–Crippen MR) is 178 cm³/mol. The topological polar surface area (TPSA) is 131 Å². The molecule has 272 valence electrons. The number of anilines is 1. The fraction of sp³-hybridized carbons (Fsp3) is 0.289. The molecule has 1 fully saturated rings. The smallest absolute Gasteiger partial charge is 0.416 e. The van der Waals surface area contributed by atoms with Crippen molar-refractivity contribution in [2.24, 2.45) is 17.8 Å². The van der Waals surface area contributed by atoms with Crippen molar-refractivity contribution in [2.45, 2.75) is 37.7 Å². The van der Waals surface area contributed by atoms with Crippen LogP contribution in [0.1, 0.15) is 41.6 Å². The van der Waals surface area contributed by atoms with Crippen LogP contribution in [0.3, 0.4) is 0 Å². The van der Waals surface area contributed by atoms with Crippen molar-refractivity contribution < 1.29 is 56.4 Å². The first kappa shape index (κ1) is 36.7. The Balaban J connectivity index is 1.33. The number of phenolic OH excluding ortho intramolecular Hbond substituents is 1. The van der Waals surface area contributed by atoms with E-state index in [1.165, 1.54) is 0 Å². The third kappa shape index (κ3) is 6.93. The molecule has 0 radical (unpaired) electrons. The highest BCUT2D eigenvalue weighted by molar-refractivity contribution is 6.22. The second kappa shape index (κ2) is 14.2. The second-order valence-corrected chi connectivity index (χ2v) is 12.8. The normalized spacial score (nSPS) is 20.5. The van der Waals surface area contributed by atoms with E-state index in [0.29, 0.717) is 16.7 Å². The lowest BCUT2D eigenvalue weighted by atomic mass is 9.68. The quantitative estimate of drug-likeness (QED) is 0.0852. The second-order valence-electron chi connectivity index (χ2n) is 12.8. The number of rotatable bonds is 9. The van der Waals surface area contributed by atoms with Crippen molar-refractivity contribution in [3.05, 3.63) is 113 Å². The van der Waals surface area contributed by atoms with Crippen LogP contribution in [0, 0.1) is 17.8 Å². The zero-order valence-electron chi connectivity index (χ0n) is 27.2. The summed E-state index contributed by atoms with van der Waals surface area (Å²) in [6.45, 7) is -1.51. The Labute approximate surface area is 293 Å². The molecule has 0 saturated carbocycles. The number of imide groups is 1. The van der Waals surface area contributed by atoms with Crippen LogP contribution in [0.15, 0.2) is 90.1 Å². The number of nitrogens with zero attached hydrogens (tertiary/aromatic N) is 2. The van der Waals surface area contributed by atoms with E-state index in [1.54, 1.807) is 48.7 Å². The van der Waals surface area contributed by atoms with Crippen LogP contribution >= 0.6 is 0 Å². The van der Waals surface area contributed by atoms with Crippen LogP contribution in [0.4, 0.5) is 32.0 Å². The summed E-state index contributed by atoms with van der Waals surface area (Å²) in [6, 6.07) is 16.2. The van der Waals surface area contributed by atoms with Crippen molar-refractivity contribution in [2.75, 3.05) is 18.1 Å². The number of allylic oxidation sites excluding steroid dienone is 1. The number of fused-ring (bicyclic) bond motifs is 2. The highest BCUT2D eigenvalue weighted by Crippen LogP contribution is 2.48. The molecule has 8 nitrogen and oxygen atoms in total. The van der Waals surface area contributed by atoms with Crippen LogP contribution in [-0.4, -0.2) is 56.5 Å². The van der Waals surface area contributed by atoms with Gasteiger partial charge >= 0.3 is 12.4 Å². The van der Waals surface area contributed by atoms with Gasteiger partial charge in [0.05, 0.1) is 53.7 Å². The molecule has 2 aliphatic rings. The monoisotopic (exact) mass is 726 g/mol. The number of amides is 2.